The number of nitrogens with zero attached hydrogens (tertiary/aromatic N) is 3. The Hall–Kier alpha value is -2.30. The molecule has 6 nitrogen and oxygen atoms in total. The molecule has 0 atom stereocenters. The topological polar surface area (TPSA) is 92.7 Å². The van der Waals surface area contributed by atoms with Crippen LogP contribution in [-0.2, 0) is 9.53 Å². The van der Waals surface area contributed by atoms with Gasteiger partial charge in [-0.05, 0) is 32.9 Å². The highest BCUT2D eigenvalue weighted by Crippen LogP contribution is 2.15. The van der Waals surface area contributed by atoms with Crippen LogP contribution in [0.3, 0.4) is 0 Å². The number of carbonyl (C=O) groups excluding carboxylic acids is 2. The molecule has 1 aromatic rings. The van der Waals surface area contributed by atoms with Crippen molar-refractivity contribution in [2.45, 2.75) is 26.4 Å². The number of carbonyl (C=O) groups is 2. The Morgan fingerprint density at radius 3 is 2.67 bits per heavy atom. The molecule has 1 aromatic heterocycles. The first kappa shape index (κ1) is 16.8. The van der Waals surface area contributed by atoms with E-state index < -0.39 is 17.4 Å². The van der Waals surface area contributed by atoms with E-state index in [1.54, 1.807) is 20.8 Å². The third kappa shape index (κ3) is 5.69. The van der Waals surface area contributed by atoms with E-state index >= 15 is 0 Å². The van der Waals surface area contributed by atoms with Gasteiger partial charge in [0.05, 0.1) is 0 Å². The average molecular weight is 308 g/mol. The molecule has 1 heterocycles. The number of rotatable bonds is 4. The number of ether oxygens (including phenoxy) is 1. The lowest BCUT2D eigenvalue weighted by Gasteiger charge is -2.17. The van der Waals surface area contributed by atoms with E-state index in [4.69, 9.17) is 21.9 Å². The Bertz CT molecular complexity index is 641. The molecule has 0 fully saturated rings. The summed E-state index contributed by atoms with van der Waals surface area (Å²) < 4.78 is 5.11. The van der Waals surface area contributed by atoms with Crippen LogP contribution in [0.1, 0.15) is 36.7 Å². The number of aromatic nitrogens is 1. The largest absolute Gasteiger partial charge is 0.457 e. The summed E-state index contributed by atoms with van der Waals surface area (Å²) in [5.41, 5.74) is 8.32. The van der Waals surface area contributed by atoms with Crippen LogP contribution in [0.2, 0.25) is 5.15 Å². The van der Waals surface area contributed by atoms with Gasteiger partial charge in [0.25, 0.3) is 5.78 Å². The maximum Gasteiger partial charge on any atom is 0.331 e. The fourth-order valence-corrected chi connectivity index (χ4v) is 1.56. The van der Waals surface area contributed by atoms with Crippen LogP contribution in [0.15, 0.2) is 18.3 Å². The summed E-state index contributed by atoms with van der Waals surface area (Å²) in [6, 6.07) is 1.32. The molecule has 0 saturated carbocycles. The molecule has 0 N–H and O–H groups in total. The fraction of sp³-hybridized carbons (Fsp3) is 0.286. The van der Waals surface area contributed by atoms with Crippen LogP contribution in [0.5, 0.6) is 0 Å². The summed E-state index contributed by atoms with van der Waals surface area (Å²) in [6.45, 7) is 5.24. The van der Waals surface area contributed by atoms with Crippen LogP contribution in [0.4, 0.5) is 0 Å². The van der Waals surface area contributed by atoms with Crippen molar-refractivity contribution in [2.24, 2.45) is 0 Å². The van der Waals surface area contributed by atoms with E-state index in [2.05, 4.69) is 9.77 Å². The van der Waals surface area contributed by atoms with Crippen molar-refractivity contribution >= 4 is 35.6 Å². The van der Waals surface area contributed by atoms with Crippen LogP contribution in [0, 0.1) is 0 Å². The molecule has 21 heavy (non-hydrogen) atoms. The smallest absolute Gasteiger partial charge is 0.331 e. The minimum atomic E-state index is -0.609. The van der Waals surface area contributed by atoms with Crippen molar-refractivity contribution in [2.75, 3.05) is 0 Å². The maximum absolute atomic E-state index is 11.7. The zero-order chi connectivity index (χ0) is 16.0. The number of esters is 1. The molecule has 0 amide bonds. The monoisotopic (exact) mass is 307 g/mol. The normalized spacial score (nSPS) is 11.0. The van der Waals surface area contributed by atoms with Crippen molar-refractivity contribution < 1.29 is 19.1 Å². The molecule has 1 rings (SSSR count). The molecule has 0 aliphatic heterocycles. The summed E-state index contributed by atoms with van der Waals surface area (Å²) in [5.74, 6) is -1.11. The average Bonchev–Trinajstić information content (AvgIpc) is 2.35. The Morgan fingerprint density at radius 2 is 2.10 bits per heavy atom. The molecule has 0 bridgehead atoms. The number of ketones is 1. The molecule has 0 unspecified atom stereocenters. The van der Waals surface area contributed by atoms with Crippen molar-refractivity contribution in [1.82, 2.24) is 4.98 Å². The molecular weight excluding hydrogens is 294 g/mol. The van der Waals surface area contributed by atoms with Crippen molar-refractivity contribution in [1.29, 1.82) is 0 Å². The van der Waals surface area contributed by atoms with Gasteiger partial charge in [0, 0.05) is 23.4 Å². The third-order valence-electron chi connectivity index (χ3n) is 2.15. The van der Waals surface area contributed by atoms with Gasteiger partial charge in [0.1, 0.15) is 10.8 Å². The molecule has 0 saturated heterocycles. The van der Waals surface area contributed by atoms with E-state index in [9.17, 15) is 9.59 Å². The van der Waals surface area contributed by atoms with Gasteiger partial charge in [-0.1, -0.05) is 11.6 Å². The second-order valence-electron chi connectivity index (χ2n) is 5.07. The summed E-state index contributed by atoms with van der Waals surface area (Å²) in [6.07, 6.45) is 4.64. The van der Waals surface area contributed by atoms with Crippen molar-refractivity contribution in [3.8, 4) is 0 Å². The van der Waals surface area contributed by atoms with Crippen molar-refractivity contribution in [3.05, 3.63) is 40.2 Å². The summed E-state index contributed by atoms with van der Waals surface area (Å²) in [4.78, 5) is 29.9. The third-order valence-corrected chi connectivity index (χ3v) is 2.35. The number of halogens is 1. The van der Waals surface area contributed by atoms with Gasteiger partial charge in [-0.2, -0.15) is 4.79 Å². The Balaban J connectivity index is 3.06. The minimum absolute atomic E-state index is 0.110. The highest BCUT2D eigenvalue weighted by atomic mass is 35.5. The number of pyridine rings is 1. The Kier molecular flexibility index (Phi) is 5.52. The van der Waals surface area contributed by atoms with E-state index in [0.29, 0.717) is 5.56 Å². The lowest BCUT2D eigenvalue weighted by atomic mass is 10.1. The minimum Gasteiger partial charge on any atom is -0.457 e. The van der Waals surface area contributed by atoms with Gasteiger partial charge in [0.2, 0.25) is 0 Å². The summed E-state index contributed by atoms with van der Waals surface area (Å²) in [7, 11) is 0. The number of Topliss-reactive ketones (excluding diaryl/α,β-unsaturated/α-hetero) is 1. The van der Waals surface area contributed by atoms with Crippen LogP contribution < -0.4 is 0 Å². The number of hydrogen-bond acceptors (Lipinski definition) is 4. The maximum atomic E-state index is 11.7. The predicted molar refractivity (Wildman–Crippen MR) is 78.1 cm³/mol. The first-order valence-electron chi connectivity index (χ1n) is 6.01. The van der Waals surface area contributed by atoms with Gasteiger partial charge in [-0.15, -0.1) is 0 Å². The van der Waals surface area contributed by atoms with Gasteiger partial charge in [0.15, 0.2) is 0 Å². The predicted octanol–water partition coefficient (Wildman–Crippen LogP) is 2.57. The van der Waals surface area contributed by atoms with E-state index in [1.807, 2.05) is 0 Å². The summed E-state index contributed by atoms with van der Waals surface area (Å²) in [5, 5.41) is 0.110. The lowest BCUT2D eigenvalue weighted by Crippen LogP contribution is -2.22. The molecule has 110 valence electrons. The van der Waals surface area contributed by atoms with Crippen LogP contribution >= 0.6 is 11.6 Å². The highest BCUT2D eigenvalue weighted by molar-refractivity contribution is 6.35. The van der Waals surface area contributed by atoms with Gasteiger partial charge < -0.3 is 10.3 Å². The second kappa shape index (κ2) is 6.92. The second-order valence-corrected chi connectivity index (χ2v) is 5.46. The molecule has 0 aromatic carbocycles. The lowest BCUT2D eigenvalue weighted by molar-refractivity contribution is -0.148. The van der Waals surface area contributed by atoms with Crippen LogP contribution in [0.25, 0.3) is 11.6 Å². The fourth-order valence-electron chi connectivity index (χ4n) is 1.40. The van der Waals surface area contributed by atoms with E-state index in [0.717, 1.165) is 6.21 Å². The van der Waals surface area contributed by atoms with Crippen molar-refractivity contribution in [3.63, 3.8) is 0 Å². The summed E-state index contributed by atoms with van der Waals surface area (Å²) >= 11 is 5.72. The van der Waals surface area contributed by atoms with E-state index in [-0.39, 0.29) is 10.7 Å². The van der Waals surface area contributed by atoms with Crippen LogP contribution in [-0.4, -0.2) is 33.3 Å². The molecule has 0 aliphatic carbocycles. The Labute approximate surface area is 127 Å². The molecule has 7 heteroatoms. The zero-order valence-corrected chi connectivity index (χ0v) is 12.6. The molecule has 0 aliphatic rings. The molecular formula is C14H14ClN3O3. The first-order valence-corrected chi connectivity index (χ1v) is 6.39. The highest BCUT2D eigenvalue weighted by Gasteiger charge is 2.15. The quantitative estimate of drug-likeness (QED) is 0.162. The van der Waals surface area contributed by atoms with Gasteiger partial charge in [-0.3, -0.25) is 4.79 Å². The SMILES string of the molecule is CC(C)(C)OC(=O)/C=C/c1cnc(Cl)cc1C(=O)C=[N+]=[N-]. The van der Waals surface area contributed by atoms with Gasteiger partial charge in [-0.25, -0.2) is 9.78 Å². The van der Waals surface area contributed by atoms with Gasteiger partial charge >= 0.3 is 12.2 Å². The standard InChI is InChI=1S/C14H14ClN3O3/c1-14(2,3)21-13(20)5-4-9-7-17-12(15)6-10(9)11(19)8-18-16/h4-8H,1-3H3/b5-4+. The number of hydrogen-bond donors (Lipinski definition) is 0. The first-order chi connectivity index (χ1) is 9.73. The van der Waals surface area contributed by atoms with E-state index in [1.165, 1.54) is 24.4 Å². The zero-order valence-electron chi connectivity index (χ0n) is 11.8. The Morgan fingerprint density at radius 1 is 1.43 bits per heavy atom. The molecule has 0 radical (unpaired) electrons. The molecule has 0 spiro atoms.